The van der Waals surface area contributed by atoms with Crippen LogP contribution in [0.3, 0.4) is 0 Å². The fourth-order valence-corrected chi connectivity index (χ4v) is 2.27. The first kappa shape index (κ1) is 13.0. The SMILES string of the molecule is COc1cc(Cl)cc(CCCc2ccccc2)c1. The fraction of sp³-hybridized carbons (Fsp3) is 0.250. The van der Waals surface area contributed by atoms with Gasteiger partial charge in [-0.3, -0.25) is 0 Å². The van der Waals surface area contributed by atoms with Crippen LogP contribution in [0.1, 0.15) is 17.5 Å². The Kier molecular flexibility index (Phi) is 4.66. The maximum absolute atomic E-state index is 6.04. The molecule has 0 fully saturated rings. The van der Waals surface area contributed by atoms with E-state index in [2.05, 4.69) is 30.3 Å². The van der Waals surface area contributed by atoms with Gasteiger partial charge < -0.3 is 4.74 Å². The molecule has 0 aliphatic carbocycles. The Balaban J connectivity index is 1.92. The number of rotatable bonds is 5. The van der Waals surface area contributed by atoms with Crippen LogP contribution in [0, 0.1) is 0 Å². The first-order valence-corrected chi connectivity index (χ1v) is 6.53. The summed E-state index contributed by atoms with van der Waals surface area (Å²) < 4.78 is 5.22. The summed E-state index contributed by atoms with van der Waals surface area (Å²) in [7, 11) is 1.67. The van der Waals surface area contributed by atoms with E-state index in [0.29, 0.717) is 0 Å². The van der Waals surface area contributed by atoms with Gasteiger partial charge in [0.15, 0.2) is 0 Å². The number of halogens is 1. The highest BCUT2D eigenvalue weighted by Crippen LogP contribution is 2.22. The average Bonchev–Trinajstić information content (AvgIpc) is 2.39. The van der Waals surface area contributed by atoms with E-state index in [1.54, 1.807) is 7.11 Å². The van der Waals surface area contributed by atoms with E-state index in [0.717, 1.165) is 30.0 Å². The Bertz CT molecular complexity index is 494. The highest BCUT2D eigenvalue weighted by atomic mass is 35.5. The number of aryl methyl sites for hydroxylation is 2. The summed E-state index contributed by atoms with van der Waals surface area (Å²) in [4.78, 5) is 0. The summed E-state index contributed by atoms with van der Waals surface area (Å²) in [6, 6.07) is 16.4. The lowest BCUT2D eigenvalue weighted by atomic mass is 10.0. The zero-order valence-corrected chi connectivity index (χ0v) is 11.3. The van der Waals surface area contributed by atoms with Gasteiger partial charge in [-0.05, 0) is 48.6 Å². The van der Waals surface area contributed by atoms with E-state index in [-0.39, 0.29) is 0 Å². The van der Waals surface area contributed by atoms with Crippen LogP contribution >= 0.6 is 11.6 Å². The van der Waals surface area contributed by atoms with Crippen molar-refractivity contribution in [1.29, 1.82) is 0 Å². The molecule has 0 aliphatic heterocycles. The van der Waals surface area contributed by atoms with Crippen molar-refractivity contribution in [1.82, 2.24) is 0 Å². The van der Waals surface area contributed by atoms with Gasteiger partial charge in [0, 0.05) is 5.02 Å². The molecule has 94 valence electrons. The lowest BCUT2D eigenvalue weighted by molar-refractivity contribution is 0.414. The molecule has 0 heterocycles. The van der Waals surface area contributed by atoms with Crippen molar-refractivity contribution in [3.05, 3.63) is 64.7 Å². The molecule has 2 heteroatoms. The van der Waals surface area contributed by atoms with Gasteiger partial charge in [-0.2, -0.15) is 0 Å². The fourth-order valence-electron chi connectivity index (χ4n) is 2.02. The highest BCUT2D eigenvalue weighted by molar-refractivity contribution is 6.30. The van der Waals surface area contributed by atoms with Crippen LogP contribution in [-0.2, 0) is 12.8 Å². The van der Waals surface area contributed by atoms with Gasteiger partial charge in [0.05, 0.1) is 7.11 Å². The Hall–Kier alpha value is -1.47. The van der Waals surface area contributed by atoms with E-state index in [1.165, 1.54) is 11.1 Å². The summed E-state index contributed by atoms with van der Waals surface area (Å²) in [6.07, 6.45) is 3.23. The second kappa shape index (κ2) is 6.46. The van der Waals surface area contributed by atoms with E-state index in [9.17, 15) is 0 Å². The molecule has 18 heavy (non-hydrogen) atoms. The lowest BCUT2D eigenvalue weighted by Gasteiger charge is -2.06. The Labute approximate surface area is 113 Å². The molecule has 0 radical (unpaired) electrons. The Morgan fingerprint density at radius 3 is 2.39 bits per heavy atom. The third-order valence-corrected chi connectivity index (χ3v) is 3.16. The topological polar surface area (TPSA) is 9.23 Å². The summed E-state index contributed by atoms with van der Waals surface area (Å²) >= 11 is 6.04. The first-order chi connectivity index (χ1) is 8.78. The molecule has 0 N–H and O–H groups in total. The summed E-state index contributed by atoms with van der Waals surface area (Å²) in [5.74, 6) is 0.831. The number of ether oxygens (including phenoxy) is 1. The molecular formula is C16H17ClO. The highest BCUT2D eigenvalue weighted by Gasteiger charge is 2.00. The first-order valence-electron chi connectivity index (χ1n) is 6.15. The summed E-state index contributed by atoms with van der Waals surface area (Å²) in [5.41, 5.74) is 2.61. The van der Waals surface area contributed by atoms with Gasteiger partial charge in [0.25, 0.3) is 0 Å². The van der Waals surface area contributed by atoms with E-state index >= 15 is 0 Å². The molecule has 0 saturated heterocycles. The van der Waals surface area contributed by atoms with Crippen LogP contribution in [0.2, 0.25) is 5.02 Å². The van der Waals surface area contributed by atoms with Gasteiger partial charge in [-0.1, -0.05) is 41.9 Å². The standard InChI is InChI=1S/C16H17ClO/c1-18-16-11-14(10-15(17)12-16)9-5-8-13-6-3-2-4-7-13/h2-4,6-7,10-12H,5,8-9H2,1H3. The van der Waals surface area contributed by atoms with Crippen molar-refractivity contribution in [2.45, 2.75) is 19.3 Å². The molecule has 2 aromatic carbocycles. The molecule has 2 aromatic rings. The quantitative estimate of drug-likeness (QED) is 0.768. The molecule has 0 bridgehead atoms. The van der Waals surface area contributed by atoms with E-state index in [4.69, 9.17) is 16.3 Å². The molecular weight excluding hydrogens is 244 g/mol. The van der Waals surface area contributed by atoms with Crippen molar-refractivity contribution in [2.24, 2.45) is 0 Å². The molecule has 0 atom stereocenters. The smallest absolute Gasteiger partial charge is 0.120 e. The number of hydrogen-bond acceptors (Lipinski definition) is 1. The van der Waals surface area contributed by atoms with Gasteiger partial charge in [-0.25, -0.2) is 0 Å². The molecule has 2 rings (SSSR count). The van der Waals surface area contributed by atoms with Gasteiger partial charge in [0.2, 0.25) is 0 Å². The van der Waals surface area contributed by atoms with Gasteiger partial charge >= 0.3 is 0 Å². The zero-order chi connectivity index (χ0) is 12.8. The van der Waals surface area contributed by atoms with Crippen LogP contribution < -0.4 is 4.74 Å². The normalized spacial score (nSPS) is 10.3. The van der Waals surface area contributed by atoms with Crippen LogP contribution in [0.15, 0.2) is 48.5 Å². The van der Waals surface area contributed by atoms with E-state index in [1.807, 2.05) is 18.2 Å². The largest absolute Gasteiger partial charge is 0.497 e. The van der Waals surface area contributed by atoms with Crippen LogP contribution in [0.5, 0.6) is 5.75 Å². The van der Waals surface area contributed by atoms with Gasteiger partial charge in [-0.15, -0.1) is 0 Å². The van der Waals surface area contributed by atoms with Crippen molar-refractivity contribution in [3.8, 4) is 5.75 Å². The van der Waals surface area contributed by atoms with Gasteiger partial charge in [0.1, 0.15) is 5.75 Å². The summed E-state index contributed by atoms with van der Waals surface area (Å²) in [6.45, 7) is 0. The Morgan fingerprint density at radius 1 is 0.944 bits per heavy atom. The molecule has 0 aliphatic rings. The van der Waals surface area contributed by atoms with Crippen molar-refractivity contribution >= 4 is 11.6 Å². The Morgan fingerprint density at radius 2 is 1.67 bits per heavy atom. The minimum absolute atomic E-state index is 0.740. The monoisotopic (exact) mass is 260 g/mol. The number of hydrogen-bond donors (Lipinski definition) is 0. The van der Waals surface area contributed by atoms with Crippen molar-refractivity contribution in [3.63, 3.8) is 0 Å². The lowest BCUT2D eigenvalue weighted by Crippen LogP contribution is -1.91. The zero-order valence-electron chi connectivity index (χ0n) is 10.5. The third-order valence-electron chi connectivity index (χ3n) is 2.94. The molecule has 0 saturated carbocycles. The third kappa shape index (κ3) is 3.78. The number of methoxy groups -OCH3 is 1. The molecule has 0 unspecified atom stereocenters. The van der Waals surface area contributed by atoms with Crippen molar-refractivity contribution < 1.29 is 4.74 Å². The van der Waals surface area contributed by atoms with Crippen LogP contribution in [0.4, 0.5) is 0 Å². The predicted octanol–water partition coefficient (Wildman–Crippen LogP) is 4.52. The predicted molar refractivity (Wildman–Crippen MR) is 76.5 cm³/mol. The maximum Gasteiger partial charge on any atom is 0.120 e. The van der Waals surface area contributed by atoms with E-state index < -0.39 is 0 Å². The molecule has 0 aromatic heterocycles. The summed E-state index contributed by atoms with van der Waals surface area (Å²) in [5, 5.41) is 0.740. The molecule has 0 amide bonds. The number of benzene rings is 2. The maximum atomic E-state index is 6.04. The minimum Gasteiger partial charge on any atom is -0.497 e. The second-order valence-electron chi connectivity index (χ2n) is 4.34. The minimum atomic E-state index is 0.740. The van der Waals surface area contributed by atoms with Crippen LogP contribution in [0.25, 0.3) is 0 Å². The molecule has 1 nitrogen and oxygen atoms in total. The average molecular weight is 261 g/mol. The van der Waals surface area contributed by atoms with Crippen molar-refractivity contribution in [2.75, 3.05) is 7.11 Å². The second-order valence-corrected chi connectivity index (χ2v) is 4.77. The molecule has 0 spiro atoms. The van der Waals surface area contributed by atoms with Crippen LogP contribution in [-0.4, -0.2) is 7.11 Å².